The van der Waals surface area contributed by atoms with Crippen molar-refractivity contribution in [2.45, 2.75) is 26.5 Å². The number of aryl methyl sites for hydroxylation is 3. The van der Waals surface area contributed by atoms with Crippen LogP contribution >= 0.6 is 11.8 Å². The van der Waals surface area contributed by atoms with E-state index < -0.39 is 0 Å². The number of benzene rings is 2. The monoisotopic (exact) mass is 284 g/mol. The van der Waals surface area contributed by atoms with E-state index in [2.05, 4.69) is 31.2 Å². The molecule has 0 amide bonds. The summed E-state index contributed by atoms with van der Waals surface area (Å²) in [6, 6.07) is 14.4. The lowest BCUT2D eigenvalue weighted by Gasteiger charge is -2.07. The Labute approximate surface area is 125 Å². The van der Waals surface area contributed by atoms with E-state index in [0.29, 0.717) is 5.75 Å². The van der Waals surface area contributed by atoms with Gasteiger partial charge < -0.3 is 0 Å². The summed E-state index contributed by atoms with van der Waals surface area (Å²) >= 11 is 1.69. The van der Waals surface area contributed by atoms with Gasteiger partial charge in [-0.2, -0.15) is 0 Å². The number of rotatable bonds is 5. The number of hydrogen-bond acceptors (Lipinski definition) is 2. The third-order valence-corrected chi connectivity index (χ3v) is 4.42. The summed E-state index contributed by atoms with van der Waals surface area (Å²) < 4.78 is 0. The Hall–Kier alpha value is -1.54. The summed E-state index contributed by atoms with van der Waals surface area (Å²) in [6.45, 7) is 6.17. The Kier molecular flexibility index (Phi) is 5.02. The van der Waals surface area contributed by atoms with Gasteiger partial charge in [-0.1, -0.05) is 48.0 Å². The first kappa shape index (κ1) is 14.9. The largest absolute Gasteiger partial charge is 0.293 e. The molecule has 0 N–H and O–H groups in total. The van der Waals surface area contributed by atoms with Crippen molar-refractivity contribution in [3.8, 4) is 0 Å². The second kappa shape index (κ2) is 6.76. The van der Waals surface area contributed by atoms with Crippen LogP contribution in [0.5, 0.6) is 0 Å². The zero-order valence-electron chi connectivity index (χ0n) is 12.3. The minimum Gasteiger partial charge on any atom is -0.293 e. The lowest BCUT2D eigenvalue weighted by molar-refractivity contribution is 0.102. The first-order valence-electron chi connectivity index (χ1n) is 6.80. The predicted molar refractivity (Wildman–Crippen MR) is 87.6 cm³/mol. The number of thioether (sulfide) groups is 1. The fourth-order valence-corrected chi connectivity index (χ4v) is 3.22. The van der Waals surface area contributed by atoms with Gasteiger partial charge in [-0.3, -0.25) is 4.79 Å². The Morgan fingerprint density at radius 2 is 1.75 bits per heavy atom. The van der Waals surface area contributed by atoms with Crippen LogP contribution in [0.15, 0.2) is 42.5 Å². The van der Waals surface area contributed by atoms with Gasteiger partial charge in [-0.25, -0.2) is 0 Å². The van der Waals surface area contributed by atoms with Crippen molar-refractivity contribution < 1.29 is 4.79 Å². The van der Waals surface area contributed by atoms with Gasteiger partial charge in [0.25, 0.3) is 0 Å². The molecule has 2 aromatic carbocycles. The van der Waals surface area contributed by atoms with Crippen LogP contribution in [0.2, 0.25) is 0 Å². The molecule has 0 bridgehead atoms. The van der Waals surface area contributed by atoms with Gasteiger partial charge in [-0.15, -0.1) is 11.8 Å². The standard InChI is InChI=1S/C18H20OS/c1-13-8-9-17(15(3)10-13)18(19)12-20-11-16-7-5-4-6-14(16)2/h4-10H,11-12H2,1-3H3. The fraction of sp³-hybridized carbons (Fsp3) is 0.278. The molecule has 1 nitrogen and oxygen atoms in total. The molecule has 0 spiro atoms. The van der Waals surface area contributed by atoms with Gasteiger partial charge >= 0.3 is 0 Å². The average Bonchev–Trinajstić information content (AvgIpc) is 2.40. The fourth-order valence-electron chi connectivity index (χ4n) is 2.23. The molecule has 2 rings (SSSR count). The molecular formula is C18H20OS. The molecule has 0 aliphatic carbocycles. The minimum atomic E-state index is 0.223. The Morgan fingerprint density at radius 3 is 2.45 bits per heavy atom. The molecule has 0 saturated carbocycles. The van der Waals surface area contributed by atoms with Gasteiger partial charge in [0, 0.05) is 11.3 Å². The summed E-state index contributed by atoms with van der Waals surface area (Å²) in [4.78, 5) is 12.2. The van der Waals surface area contributed by atoms with Gasteiger partial charge in [-0.05, 0) is 37.5 Å². The maximum atomic E-state index is 12.2. The van der Waals surface area contributed by atoms with E-state index in [1.54, 1.807) is 11.8 Å². The highest BCUT2D eigenvalue weighted by molar-refractivity contribution is 7.99. The molecule has 0 saturated heterocycles. The van der Waals surface area contributed by atoms with Gasteiger partial charge in [0.2, 0.25) is 0 Å². The molecule has 0 atom stereocenters. The number of ketones is 1. The normalized spacial score (nSPS) is 10.6. The van der Waals surface area contributed by atoms with E-state index in [1.165, 1.54) is 16.7 Å². The zero-order valence-corrected chi connectivity index (χ0v) is 13.1. The number of Topliss-reactive ketones (excluding diaryl/α,β-unsaturated/α-hetero) is 1. The zero-order chi connectivity index (χ0) is 14.5. The summed E-state index contributed by atoms with van der Waals surface area (Å²) in [5, 5.41) is 0. The minimum absolute atomic E-state index is 0.223. The Morgan fingerprint density at radius 1 is 1.00 bits per heavy atom. The van der Waals surface area contributed by atoms with Gasteiger partial charge in [0.1, 0.15) is 0 Å². The van der Waals surface area contributed by atoms with Crippen molar-refractivity contribution >= 4 is 17.5 Å². The van der Waals surface area contributed by atoms with Crippen molar-refractivity contribution in [1.82, 2.24) is 0 Å². The molecule has 2 heteroatoms. The molecular weight excluding hydrogens is 264 g/mol. The van der Waals surface area contributed by atoms with E-state index in [9.17, 15) is 4.79 Å². The lowest BCUT2D eigenvalue weighted by atomic mass is 10.0. The first-order chi connectivity index (χ1) is 9.58. The highest BCUT2D eigenvalue weighted by atomic mass is 32.2. The van der Waals surface area contributed by atoms with Crippen LogP contribution in [-0.2, 0) is 5.75 Å². The lowest BCUT2D eigenvalue weighted by Crippen LogP contribution is -2.05. The summed E-state index contributed by atoms with van der Waals surface area (Å²) in [5.74, 6) is 1.66. The highest BCUT2D eigenvalue weighted by Gasteiger charge is 2.09. The van der Waals surface area contributed by atoms with Gasteiger partial charge in [0.15, 0.2) is 5.78 Å². The average molecular weight is 284 g/mol. The molecule has 0 aliphatic heterocycles. The molecule has 20 heavy (non-hydrogen) atoms. The van der Waals surface area contributed by atoms with Crippen molar-refractivity contribution in [3.63, 3.8) is 0 Å². The number of carbonyl (C=O) groups is 1. The van der Waals surface area contributed by atoms with Crippen molar-refractivity contribution in [1.29, 1.82) is 0 Å². The van der Waals surface area contributed by atoms with Crippen LogP contribution in [0.3, 0.4) is 0 Å². The Bertz CT molecular complexity index is 617. The molecule has 0 aromatic heterocycles. The summed E-state index contributed by atoms with van der Waals surface area (Å²) in [6.07, 6.45) is 0. The second-order valence-electron chi connectivity index (χ2n) is 5.16. The quantitative estimate of drug-likeness (QED) is 0.738. The molecule has 0 radical (unpaired) electrons. The summed E-state index contributed by atoms with van der Waals surface area (Å²) in [7, 11) is 0. The molecule has 0 fully saturated rings. The third-order valence-electron chi connectivity index (χ3n) is 3.43. The SMILES string of the molecule is Cc1ccc(C(=O)CSCc2ccccc2C)c(C)c1. The van der Waals surface area contributed by atoms with Gasteiger partial charge in [0.05, 0.1) is 5.75 Å². The van der Waals surface area contributed by atoms with Crippen LogP contribution in [0, 0.1) is 20.8 Å². The Balaban J connectivity index is 1.94. The van der Waals surface area contributed by atoms with Crippen LogP contribution in [0.4, 0.5) is 0 Å². The van der Waals surface area contributed by atoms with E-state index >= 15 is 0 Å². The van der Waals surface area contributed by atoms with E-state index in [4.69, 9.17) is 0 Å². The first-order valence-corrected chi connectivity index (χ1v) is 7.96. The molecule has 0 aliphatic rings. The maximum Gasteiger partial charge on any atom is 0.172 e. The molecule has 0 heterocycles. The second-order valence-corrected chi connectivity index (χ2v) is 6.15. The molecule has 0 unspecified atom stereocenters. The number of hydrogen-bond donors (Lipinski definition) is 0. The van der Waals surface area contributed by atoms with Crippen molar-refractivity contribution in [3.05, 3.63) is 70.3 Å². The maximum absolute atomic E-state index is 12.2. The van der Waals surface area contributed by atoms with E-state index in [-0.39, 0.29) is 5.78 Å². The van der Waals surface area contributed by atoms with Crippen LogP contribution in [-0.4, -0.2) is 11.5 Å². The van der Waals surface area contributed by atoms with Crippen LogP contribution < -0.4 is 0 Å². The van der Waals surface area contributed by atoms with E-state index in [0.717, 1.165) is 16.9 Å². The molecule has 104 valence electrons. The number of carbonyl (C=O) groups excluding carboxylic acids is 1. The van der Waals surface area contributed by atoms with Crippen LogP contribution in [0.1, 0.15) is 32.6 Å². The molecule has 2 aromatic rings. The van der Waals surface area contributed by atoms with Crippen molar-refractivity contribution in [2.24, 2.45) is 0 Å². The third kappa shape index (κ3) is 3.73. The van der Waals surface area contributed by atoms with Crippen LogP contribution in [0.25, 0.3) is 0 Å². The van der Waals surface area contributed by atoms with E-state index in [1.807, 2.05) is 32.0 Å². The van der Waals surface area contributed by atoms with Crippen molar-refractivity contribution in [2.75, 3.05) is 5.75 Å². The predicted octanol–water partition coefficient (Wildman–Crippen LogP) is 4.73. The topological polar surface area (TPSA) is 17.1 Å². The smallest absolute Gasteiger partial charge is 0.172 e. The summed E-state index contributed by atoms with van der Waals surface area (Å²) in [5.41, 5.74) is 5.73. The highest BCUT2D eigenvalue weighted by Crippen LogP contribution is 2.18.